The number of benzene rings is 3. The van der Waals surface area contributed by atoms with E-state index in [1.165, 1.54) is 0 Å². The number of fused-ring (bicyclic) bond motifs is 1. The molecule has 5 heterocycles. The molecule has 16 nitrogen and oxygen atoms in total. The molecule has 0 aliphatic carbocycles. The van der Waals surface area contributed by atoms with Crippen LogP contribution in [0.25, 0.3) is 0 Å². The van der Waals surface area contributed by atoms with Crippen LogP contribution >= 0.6 is 0 Å². The molecule has 0 bridgehead atoms. The van der Waals surface area contributed by atoms with E-state index in [2.05, 4.69) is 57.5 Å². The van der Waals surface area contributed by atoms with Crippen molar-refractivity contribution < 1.29 is 27.6 Å². The van der Waals surface area contributed by atoms with Crippen LogP contribution in [0.3, 0.4) is 0 Å². The number of piperidine rings is 2. The van der Waals surface area contributed by atoms with Crippen LogP contribution in [0.15, 0.2) is 77.8 Å². The minimum absolute atomic E-state index is 0.0921. The van der Waals surface area contributed by atoms with Crippen molar-refractivity contribution >= 4 is 62.5 Å². The van der Waals surface area contributed by atoms with Gasteiger partial charge in [0.15, 0.2) is 0 Å². The van der Waals surface area contributed by atoms with Crippen molar-refractivity contribution in [1.82, 2.24) is 34.7 Å². The fourth-order valence-corrected chi connectivity index (χ4v) is 9.97. The third-order valence-corrected chi connectivity index (χ3v) is 13.4. The maximum Gasteiger partial charge on any atom is 0.262 e. The molecular weight excluding hydrogens is 797 g/mol. The standard InChI is InChI=1S/C44H52N10O6S/c1-28-26-45-43(49-39(28)46-31-6-5-7-34(25-31)61(59,60)50-44(2,3)4)47-30-9-11-32(12-10-30)52-18-16-33(17-19-52)53-22-20-51(21-23-53)27-29-8-13-35-36(24-29)42(58)54(41(35)57)37-14-15-38(55)48-40(37)56/h5-13,24-26,33,37,50H,14-23,27H2,1-4H3,(H,48,55,56)(H2,45,46,47,49). The molecule has 320 valence electrons. The predicted molar refractivity (Wildman–Crippen MR) is 231 cm³/mol. The number of piperazine rings is 1. The van der Waals surface area contributed by atoms with Gasteiger partial charge in [0, 0.05) is 92.6 Å². The molecule has 4 N–H and O–H groups in total. The number of aromatic nitrogens is 2. The lowest BCUT2D eigenvalue weighted by molar-refractivity contribution is -0.136. The van der Waals surface area contributed by atoms with Crippen molar-refractivity contribution in [2.45, 2.75) is 82.4 Å². The zero-order valence-electron chi connectivity index (χ0n) is 34.9. The summed E-state index contributed by atoms with van der Waals surface area (Å²) in [4.78, 5) is 68.2. The Morgan fingerprint density at radius 3 is 2.23 bits per heavy atom. The number of rotatable bonds is 11. The van der Waals surface area contributed by atoms with Gasteiger partial charge in [-0.15, -0.1) is 0 Å². The summed E-state index contributed by atoms with van der Waals surface area (Å²) >= 11 is 0. The lowest BCUT2D eigenvalue weighted by atomic mass is 10.0. The highest BCUT2D eigenvalue weighted by atomic mass is 32.2. The van der Waals surface area contributed by atoms with Gasteiger partial charge in [-0.3, -0.25) is 39.2 Å². The maximum absolute atomic E-state index is 13.3. The van der Waals surface area contributed by atoms with Gasteiger partial charge in [0.1, 0.15) is 11.9 Å². The molecule has 4 aromatic rings. The number of nitrogens with zero attached hydrogens (tertiary/aromatic N) is 6. The smallest absolute Gasteiger partial charge is 0.262 e. The first-order valence-corrected chi connectivity index (χ1v) is 22.3. The first kappa shape index (κ1) is 42.0. The number of anilines is 5. The van der Waals surface area contributed by atoms with Crippen LogP contribution in [0.4, 0.5) is 28.8 Å². The molecule has 4 amide bonds. The second-order valence-corrected chi connectivity index (χ2v) is 18.9. The van der Waals surface area contributed by atoms with E-state index in [0.29, 0.717) is 41.2 Å². The van der Waals surface area contributed by atoms with Crippen LogP contribution in [0, 0.1) is 6.92 Å². The van der Waals surface area contributed by atoms with Gasteiger partial charge in [0.05, 0.1) is 16.0 Å². The van der Waals surface area contributed by atoms with Crippen LogP contribution in [0.1, 0.15) is 78.3 Å². The monoisotopic (exact) mass is 848 g/mol. The van der Waals surface area contributed by atoms with Crippen LogP contribution < -0.4 is 25.6 Å². The fourth-order valence-electron chi connectivity index (χ4n) is 8.50. The Morgan fingerprint density at radius 2 is 1.52 bits per heavy atom. The summed E-state index contributed by atoms with van der Waals surface area (Å²) in [5, 5.41) is 8.80. The summed E-state index contributed by atoms with van der Waals surface area (Å²) in [7, 11) is -3.70. The van der Waals surface area contributed by atoms with E-state index in [-0.39, 0.29) is 17.7 Å². The molecule has 8 rings (SSSR count). The molecule has 1 unspecified atom stereocenters. The van der Waals surface area contributed by atoms with Crippen LogP contribution in [-0.2, 0) is 26.2 Å². The average Bonchev–Trinajstić information content (AvgIpc) is 3.47. The van der Waals surface area contributed by atoms with E-state index in [4.69, 9.17) is 0 Å². The van der Waals surface area contributed by atoms with Crippen molar-refractivity contribution in [3.8, 4) is 0 Å². The SMILES string of the molecule is Cc1cnc(Nc2ccc(N3CCC(N4CCN(Cc5ccc6c(c5)C(=O)N(C5CCC(=O)NC5=O)C6=O)CC4)CC3)cc2)nc1Nc1cccc(S(=O)(=O)NC(C)(C)C)c1. The Labute approximate surface area is 356 Å². The highest BCUT2D eigenvalue weighted by molar-refractivity contribution is 7.89. The molecule has 3 saturated heterocycles. The lowest BCUT2D eigenvalue weighted by Crippen LogP contribution is -2.54. The normalized spacial score (nSPS) is 19.6. The number of carbonyl (C=O) groups excluding carboxylic acids is 4. The Kier molecular flexibility index (Phi) is 11.7. The number of sulfonamides is 1. The summed E-state index contributed by atoms with van der Waals surface area (Å²) in [6.07, 6.45) is 4.09. The fraction of sp³-hybridized carbons (Fsp3) is 0.409. The maximum atomic E-state index is 13.3. The molecule has 4 aliphatic rings. The van der Waals surface area contributed by atoms with Crippen molar-refractivity contribution in [3.05, 3.63) is 95.2 Å². The first-order valence-electron chi connectivity index (χ1n) is 20.8. The van der Waals surface area contributed by atoms with Gasteiger partial charge in [-0.25, -0.2) is 18.1 Å². The molecular formula is C44H52N10O6S. The number of aryl methyl sites for hydroxylation is 1. The van der Waals surface area contributed by atoms with Gasteiger partial charge in [-0.1, -0.05) is 12.1 Å². The molecule has 4 aliphatic heterocycles. The Balaban J connectivity index is 0.801. The Morgan fingerprint density at radius 1 is 0.803 bits per heavy atom. The van der Waals surface area contributed by atoms with E-state index in [1.807, 2.05) is 25.1 Å². The summed E-state index contributed by atoms with van der Waals surface area (Å²) in [6.45, 7) is 13.6. The topological polar surface area (TPSA) is 189 Å². The summed E-state index contributed by atoms with van der Waals surface area (Å²) in [5.74, 6) is -0.987. The van der Waals surface area contributed by atoms with Gasteiger partial charge in [0.2, 0.25) is 27.8 Å². The van der Waals surface area contributed by atoms with Gasteiger partial charge in [-0.2, -0.15) is 4.98 Å². The zero-order chi connectivity index (χ0) is 43.1. The van der Waals surface area contributed by atoms with E-state index in [0.717, 1.165) is 79.5 Å². The largest absolute Gasteiger partial charge is 0.371 e. The molecule has 0 saturated carbocycles. The van der Waals surface area contributed by atoms with Gasteiger partial charge in [-0.05, 0) is 107 Å². The van der Waals surface area contributed by atoms with Crippen LogP contribution in [0.2, 0.25) is 0 Å². The van der Waals surface area contributed by atoms with Crippen molar-refractivity contribution in [1.29, 1.82) is 0 Å². The average molecular weight is 849 g/mol. The summed E-state index contributed by atoms with van der Waals surface area (Å²) in [5.41, 5.74) is 4.36. The third kappa shape index (κ3) is 9.44. The molecule has 17 heteroatoms. The molecule has 61 heavy (non-hydrogen) atoms. The number of hydrogen-bond donors (Lipinski definition) is 4. The highest BCUT2D eigenvalue weighted by Gasteiger charge is 2.44. The molecule has 0 radical (unpaired) electrons. The lowest BCUT2D eigenvalue weighted by Gasteiger charge is -2.43. The second-order valence-electron chi connectivity index (χ2n) is 17.3. The Bertz CT molecular complexity index is 2460. The van der Waals surface area contributed by atoms with Crippen molar-refractivity contribution in [2.24, 2.45) is 0 Å². The van der Waals surface area contributed by atoms with Gasteiger partial charge >= 0.3 is 0 Å². The molecule has 1 aromatic heterocycles. The number of carbonyl (C=O) groups is 4. The summed E-state index contributed by atoms with van der Waals surface area (Å²) < 4.78 is 28.5. The van der Waals surface area contributed by atoms with Crippen LogP contribution in [0.5, 0.6) is 0 Å². The van der Waals surface area contributed by atoms with Crippen LogP contribution in [-0.4, -0.2) is 114 Å². The highest BCUT2D eigenvalue weighted by Crippen LogP contribution is 2.30. The summed E-state index contributed by atoms with van der Waals surface area (Å²) in [6, 6.07) is 19.8. The number of hydrogen-bond acceptors (Lipinski definition) is 13. The second kappa shape index (κ2) is 17.0. The number of imide groups is 2. The van der Waals surface area contributed by atoms with E-state index in [9.17, 15) is 27.6 Å². The minimum atomic E-state index is -3.70. The quantitative estimate of drug-likeness (QED) is 0.154. The van der Waals surface area contributed by atoms with Gasteiger partial charge < -0.3 is 15.5 Å². The molecule has 3 aromatic carbocycles. The van der Waals surface area contributed by atoms with Crippen molar-refractivity contribution in [2.75, 3.05) is 54.8 Å². The zero-order valence-corrected chi connectivity index (χ0v) is 35.7. The molecule has 1 atom stereocenters. The number of amides is 4. The van der Waals surface area contributed by atoms with E-state index in [1.54, 1.807) is 63.4 Å². The first-order chi connectivity index (χ1) is 29.1. The predicted octanol–water partition coefficient (Wildman–Crippen LogP) is 4.54. The Hall–Kier alpha value is -5.75. The van der Waals surface area contributed by atoms with Gasteiger partial charge in [0.25, 0.3) is 11.8 Å². The number of nitrogens with one attached hydrogen (secondary N) is 4. The molecule has 0 spiro atoms. The minimum Gasteiger partial charge on any atom is -0.371 e. The van der Waals surface area contributed by atoms with E-state index >= 15 is 0 Å². The molecule has 3 fully saturated rings. The third-order valence-electron chi connectivity index (χ3n) is 11.6. The van der Waals surface area contributed by atoms with Crippen molar-refractivity contribution in [3.63, 3.8) is 0 Å². The van der Waals surface area contributed by atoms with E-state index < -0.39 is 45.2 Å².